The van der Waals surface area contributed by atoms with E-state index in [4.69, 9.17) is 156 Å². The summed E-state index contributed by atoms with van der Waals surface area (Å²) in [5.74, 6) is 0. The molecule has 132 heavy (non-hydrogen) atoms. The molecule has 0 saturated heterocycles. The molecule has 0 amide bonds. The van der Waals surface area contributed by atoms with Crippen LogP contribution < -0.4 is 0 Å². The lowest BCUT2D eigenvalue weighted by molar-refractivity contribution is 0.00815. The van der Waals surface area contributed by atoms with Crippen LogP contribution >= 0.6 is 0 Å². The molecule has 0 bridgehead atoms. The quantitative estimate of drug-likeness (QED) is 0.0511. The highest BCUT2D eigenvalue weighted by Gasteiger charge is 2.48. The van der Waals surface area contributed by atoms with Gasteiger partial charge in [-0.15, -0.1) is 0 Å². The third-order valence-corrected chi connectivity index (χ3v) is 74.1. The Balaban J connectivity index is -0.000000119. The van der Waals surface area contributed by atoms with Crippen molar-refractivity contribution < 1.29 is 156 Å². The first-order valence-electron chi connectivity index (χ1n) is 46.9. The smallest absolute Gasteiger partial charge is 0.439 e. The Morgan fingerprint density at radius 1 is 0.129 bits per heavy atom. The summed E-state index contributed by atoms with van der Waals surface area (Å²) in [6.45, 7) is 106. The molecule has 36 nitrogen and oxygen atoms in total. The van der Waals surface area contributed by atoms with Gasteiger partial charge in [0.05, 0.1) is 0 Å². The number of rotatable bonds is 60. The summed E-state index contributed by atoms with van der Waals surface area (Å²) < 4.78 is 195. The topological polar surface area (TPSA) is 332 Å². The summed E-state index contributed by atoms with van der Waals surface area (Å²) in [5.41, 5.74) is 0. The molecule has 0 spiro atoms. The van der Waals surface area contributed by atoms with Crippen molar-refractivity contribution >= 4 is 214 Å². The van der Waals surface area contributed by atoms with Crippen molar-refractivity contribution in [2.45, 2.75) is 319 Å². The van der Waals surface area contributed by atoms with E-state index in [1.165, 1.54) is 42.7 Å². The fourth-order valence-corrected chi connectivity index (χ4v) is 66.5. The molecule has 0 N–H and O–H groups in total. The van der Waals surface area contributed by atoms with Gasteiger partial charge in [-0.05, 0) is 293 Å². The lowest BCUT2D eigenvalue weighted by Crippen LogP contribution is -2.51. The van der Waals surface area contributed by atoms with Crippen molar-refractivity contribution in [1.29, 1.82) is 0 Å². The summed E-state index contributed by atoms with van der Waals surface area (Å²) in [6.07, 6.45) is 0. The molecular weight excluding hydrogens is 2110 g/mol. The van der Waals surface area contributed by atoms with E-state index in [1.54, 1.807) is 42.7 Å². The van der Waals surface area contributed by atoms with E-state index < -0.39 is 214 Å². The molecule has 0 saturated carbocycles. The molecule has 0 heterocycles. The van der Waals surface area contributed by atoms with Crippen molar-refractivity contribution in [1.82, 2.24) is 0 Å². The summed E-state index contributed by atoms with van der Waals surface area (Å²) in [5, 5.41) is 0. The van der Waals surface area contributed by atoms with Crippen LogP contribution in [0.3, 0.4) is 0 Å². The van der Waals surface area contributed by atoms with Crippen LogP contribution in [0.2, 0.25) is 236 Å². The Hall–Kier alpha value is 3.77. The Labute approximate surface area is 846 Å². The molecule has 0 aromatic carbocycles. The summed E-state index contributed by atoms with van der Waals surface area (Å²) >= 11 is 0. The lowest BCUT2D eigenvalue weighted by Gasteiger charge is -2.28. The standard InChI is InChI=1S/2C8H22O4Si2.2C7H20O3Si2.2C6H18O2Si2.2C5H16O4Si2.2C5H16O3Si2.2C5H16O2Si2/c2*1-6-9-14(10-7-2,11-8-3)12-13(4)5;2*1-6-8-12(5,9-7-2)10-11(3)4;2*1-6-7-10(4,5)8-9(2)3;2*1-6-11(7-2,8-3)9-10(4)5;2*1-6-10(5,7-2)8-9(3)4;2*1-6-9(4,5)7-8(2)3/h2*13H,6-8H2,1-5H3;2*11H,6-7H2,1-5H3;2*9H,6H2,1-5H3;2*10H,1-5H3;2*9H,1-5H3;2*8H,1-5H3. The van der Waals surface area contributed by atoms with Gasteiger partial charge >= 0.3 is 106 Å². The second kappa shape index (κ2) is 94.5. The number of hydrogen-bond acceptors (Lipinski definition) is 36. The minimum atomic E-state index is -2.80. The van der Waals surface area contributed by atoms with Gasteiger partial charge in [0, 0.05) is 191 Å². The first-order chi connectivity index (χ1) is 60.5. The van der Waals surface area contributed by atoms with Crippen molar-refractivity contribution in [3.8, 4) is 0 Å². The van der Waals surface area contributed by atoms with Crippen LogP contribution in [0.4, 0.5) is 0 Å². The van der Waals surface area contributed by atoms with Gasteiger partial charge in [0.25, 0.3) is 0 Å². The SMILES string of the molecule is CCO[Si](C)(C)O[SiH](C)C.CCO[Si](C)(C)O[SiH](C)C.CCO[Si](C)(OCC)O[SiH](C)C.CCO[Si](C)(OCC)O[SiH](C)C.CCO[Si](OCC)(OCC)O[SiH](C)C.CCO[Si](OCC)(OCC)O[SiH](C)C.CO[Si](C)(C)O[SiH](C)C.CO[Si](C)(C)O[SiH](C)C.CO[Si](C)(OC)O[SiH](C)C.CO[Si](C)(OC)O[SiH](C)C.CO[Si](OC)(OC)O[SiH](C)C.CO[Si](OC)(OC)O[SiH](C)C. The van der Waals surface area contributed by atoms with E-state index in [0.717, 1.165) is 13.2 Å². The zero-order valence-corrected chi connectivity index (χ0v) is 122. The molecule has 0 aromatic rings. The minimum absolute atomic E-state index is 0.563. The van der Waals surface area contributed by atoms with Gasteiger partial charge in [-0.25, -0.2) is 0 Å². The Bertz CT molecular complexity index is 2170. The van der Waals surface area contributed by atoms with Crippen LogP contribution in [-0.4, -0.2) is 379 Å². The van der Waals surface area contributed by atoms with Gasteiger partial charge in [0.15, 0.2) is 108 Å². The van der Waals surface area contributed by atoms with Crippen LogP contribution in [0.25, 0.3) is 0 Å². The normalized spacial score (nSPS) is 12.5. The highest BCUT2D eigenvalue weighted by molar-refractivity contribution is 6.76. The van der Waals surface area contributed by atoms with Crippen LogP contribution in [0.1, 0.15) is 83.1 Å². The second-order valence-electron chi connectivity index (χ2n) is 32.7. The van der Waals surface area contributed by atoms with Crippen molar-refractivity contribution in [3.05, 3.63) is 0 Å². The first kappa shape index (κ1) is 161. The van der Waals surface area contributed by atoms with Gasteiger partial charge in [0.1, 0.15) is 0 Å². The fraction of sp³-hybridized carbons (Fsp3) is 1.00. The molecule has 816 valence electrons. The molecule has 60 heteroatoms. The van der Waals surface area contributed by atoms with Crippen molar-refractivity contribution in [3.63, 3.8) is 0 Å². The average molecular weight is 2330 g/mol. The third-order valence-electron chi connectivity index (χ3n) is 13.9. The van der Waals surface area contributed by atoms with Crippen molar-refractivity contribution in [2.75, 3.05) is 165 Å². The highest BCUT2D eigenvalue weighted by atomic mass is 28.5. The summed E-state index contributed by atoms with van der Waals surface area (Å²) in [6, 6.07) is 0. The van der Waals surface area contributed by atoms with Crippen molar-refractivity contribution in [2.24, 2.45) is 0 Å². The number of hydrogen-bond donors (Lipinski definition) is 0. The monoisotopic (exact) mass is 2330 g/mol. The van der Waals surface area contributed by atoms with Gasteiger partial charge in [0.2, 0.25) is 0 Å². The van der Waals surface area contributed by atoms with Gasteiger partial charge in [-0.1, -0.05) is 0 Å². The predicted octanol–water partition coefficient (Wildman–Crippen LogP) is 14.9. The Kier molecular flexibility index (Phi) is 115. The molecular formula is C72H216O36Si24. The highest BCUT2D eigenvalue weighted by Crippen LogP contribution is 2.19. The average Bonchev–Trinajstić information content (AvgIpc) is 0.867. The summed E-state index contributed by atoms with van der Waals surface area (Å²) in [7, 11) is -19.9. The maximum absolute atomic E-state index is 5.77. The van der Waals surface area contributed by atoms with E-state index in [2.05, 4.69) is 183 Å². The van der Waals surface area contributed by atoms with Crippen LogP contribution in [0, 0.1) is 0 Å². The first-order valence-corrected chi connectivity index (χ1v) is 107. The van der Waals surface area contributed by atoms with E-state index in [-0.39, 0.29) is 0 Å². The molecule has 0 unspecified atom stereocenters. The molecule has 0 aliphatic heterocycles. The largest absolute Gasteiger partial charge is 0.668 e. The zero-order chi connectivity index (χ0) is 107. The van der Waals surface area contributed by atoms with Gasteiger partial charge in [-0.3, -0.25) is 0 Å². The molecule has 0 rings (SSSR count). The zero-order valence-electron chi connectivity index (χ0n) is 96.1. The minimum Gasteiger partial charge on any atom is -0.439 e. The van der Waals surface area contributed by atoms with Crippen LogP contribution in [0.5, 0.6) is 0 Å². The fourth-order valence-electron chi connectivity index (χ4n) is 9.93. The molecule has 0 aliphatic carbocycles. The van der Waals surface area contributed by atoms with Crippen LogP contribution in [-0.2, 0) is 156 Å². The predicted molar refractivity (Wildman–Crippen MR) is 603 cm³/mol. The maximum Gasteiger partial charge on any atom is 0.668 e. The maximum atomic E-state index is 5.77. The Morgan fingerprint density at radius 2 is 0.258 bits per heavy atom. The van der Waals surface area contributed by atoms with Gasteiger partial charge < -0.3 is 156 Å². The van der Waals surface area contributed by atoms with E-state index >= 15 is 0 Å². The molecule has 0 atom stereocenters. The van der Waals surface area contributed by atoms with Gasteiger partial charge in [-0.2, -0.15) is 0 Å². The molecule has 0 aromatic heterocycles. The summed E-state index contributed by atoms with van der Waals surface area (Å²) in [4.78, 5) is 0. The molecule has 0 aliphatic rings. The third kappa shape index (κ3) is 108. The van der Waals surface area contributed by atoms with E-state index in [1.807, 2.05) is 135 Å². The van der Waals surface area contributed by atoms with E-state index in [0.29, 0.717) is 66.1 Å². The van der Waals surface area contributed by atoms with E-state index in [9.17, 15) is 0 Å². The van der Waals surface area contributed by atoms with Crippen LogP contribution in [0.15, 0.2) is 0 Å². The lowest BCUT2D eigenvalue weighted by atomic mass is 10.9. The molecule has 0 fully saturated rings. The Morgan fingerprint density at radius 3 is 0.348 bits per heavy atom. The second-order valence-corrected chi connectivity index (χ2v) is 99.6. The molecule has 0 radical (unpaired) electrons.